The number of aryl methyl sites for hydroxylation is 2. The van der Waals surface area contributed by atoms with Crippen molar-refractivity contribution >= 4 is 26.9 Å². The zero-order chi connectivity index (χ0) is 21.5. The highest BCUT2D eigenvalue weighted by molar-refractivity contribution is 7.89. The number of anilines is 1. The van der Waals surface area contributed by atoms with E-state index in [9.17, 15) is 12.8 Å². The third-order valence-corrected chi connectivity index (χ3v) is 5.55. The van der Waals surface area contributed by atoms with Gasteiger partial charge in [-0.05, 0) is 37.6 Å². The van der Waals surface area contributed by atoms with Gasteiger partial charge in [-0.1, -0.05) is 24.3 Å². The Labute approximate surface area is 172 Å². The van der Waals surface area contributed by atoms with E-state index < -0.39 is 10.0 Å². The molecule has 0 atom stereocenters. The van der Waals surface area contributed by atoms with Gasteiger partial charge in [0.15, 0.2) is 5.82 Å². The number of primary sulfonamides is 1. The Kier molecular flexibility index (Phi) is 4.96. The number of H-pyrrole nitrogens is 1. The van der Waals surface area contributed by atoms with E-state index in [4.69, 9.17) is 5.14 Å². The van der Waals surface area contributed by atoms with Gasteiger partial charge in [-0.2, -0.15) is 9.97 Å². The average Bonchev–Trinajstić information content (AvgIpc) is 3.01. The zero-order valence-electron chi connectivity index (χ0n) is 16.3. The molecule has 0 fully saturated rings. The number of para-hydroxylation sites is 1. The molecule has 2 aromatic carbocycles. The van der Waals surface area contributed by atoms with E-state index in [1.54, 1.807) is 38.1 Å². The van der Waals surface area contributed by atoms with E-state index in [1.165, 1.54) is 18.2 Å². The first-order valence-corrected chi connectivity index (χ1v) is 10.6. The number of nitrogens with zero attached hydrogens (tertiary/aromatic N) is 3. The minimum atomic E-state index is -3.90. The highest BCUT2D eigenvalue weighted by Crippen LogP contribution is 2.33. The number of aromatic amines is 1. The Morgan fingerprint density at radius 3 is 2.60 bits per heavy atom. The Bertz CT molecular complexity index is 1370. The molecule has 4 N–H and O–H groups in total. The number of rotatable bonds is 5. The van der Waals surface area contributed by atoms with Crippen molar-refractivity contribution in [3.63, 3.8) is 0 Å². The molecule has 0 saturated carbocycles. The van der Waals surface area contributed by atoms with Gasteiger partial charge >= 0.3 is 0 Å². The normalized spacial score (nSPS) is 11.7. The smallest absolute Gasteiger partial charge is 0.240 e. The summed E-state index contributed by atoms with van der Waals surface area (Å²) >= 11 is 0. The summed E-state index contributed by atoms with van der Waals surface area (Å²) in [5.41, 5.74) is 2.51. The maximum atomic E-state index is 13.4. The van der Waals surface area contributed by atoms with Gasteiger partial charge in [0.25, 0.3) is 0 Å². The second-order valence-electron chi connectivity index (χ2n) is 6.86. The fraction of sp³-hybridized carbons (Fsp3) is 0.150. The summed E-state index contributed by atoms with van der Waals surface area (Å²) in [4.78, 5) is 16.3. The maximum Gasteiger partial charge on any atom is 0.240 e. The molecule has 8 nitrogen and oxygen atoms in total. The summed E-state index contributed by atoms with van der Waals surface area (Å²) < 4.78 is 37.3. The zero-order valence-corrected chi connectivity index (χ0v) is 17.1. The van der Waals surface area contributed by atoms with Crippen LogP contribution in [0, 0.1) is 19.7 Å². The molecule has 0 radical (unpaired) electrons. The molecule has 2 aromatic heterocycles. The number of benzene rings is 2. The number of hydrogen-bond donors (Lipinski definition) is 3. The number of nitrogens with one attached hydrogen (secondary N) is 2. The monoisotopic (exact) mass is 426 g/mol. The lowest BCUT2D eigenvalue weighted by atomic mass is 10.1. The summed E-state index contributed by atoms with van der Waals surface area (Å²) in [6.45, 7) is 3.88. The quantitative estimate of drug-likeness (QED) is 0.450. The van der Waals surface area contributed by atoms with Gasteiger partial charge in [-0.25, -0.2) is 22.9 Å². The molecule has 0 spiro atoms. The third kappa shape index (κ3) is 3.87. The molecular weight excluding hydrogens is 407 g/mol. The van der Waals surface area contributed by atoms with Crippen LogP contribution in [0.2, 0.25) is 0 Å². The van der Waals surface area contributed by atoms with Crippen LogP contribution in [-0.2, 0) is 16.6 Å². The van der Waals surface area contributed by atoms with E-state index in [1.807, 2.05) is 0 Å². The predicted octanol–water partition coefficient (Wildman–Crippen LogP) is 3.04. The van der Waals surface area contributed by atoms with Crippen LogP contribution in [0.5, 0.6) is 0 Å². The predicted molar refractivity (Wildman–Crippen MR) is 112 cm³/mol. The largest absolute Gasteiger partial charge is 0.357 e. The van der Waals surface area contributed by atoms with Crippen molar-refractivity contribution in [2.75, 3.05) is 5.32 Å². The Morgan fingerprint density at radius 1 is 1.10 bits per heavy atom. The SMILES string of the molecule is Cc1nc(NCc2cccc(F)c2)nc(-c2c(C)[nH]c3c(S(N)(=O)=O)cccc23)n1. The van der Waals surface area contributed by atoms with Crippen LogP contribution < -0.4 is 10.5 Å². The van der Waals surface area contributed by atoms with Crippen molar-refractivity contribution in [3.8, 4) is 11.4 Å². The molecule has 154 valence electrons. The van der Waals surface area contributed by atoms with E-state index in [0.717, 1.165) is 5.56 Å². The van der Waals surface area contributed by atoms with Gasteiger partial charge in [0, 0.05) is 23.2 Å². The molecule has 4 aromatic rings. The number of aromatic nitrogens is 4. The summed E-state index contributed by atoms with van der Waals surface area (Å²) in [6.07, 6.45) is 0. The molecule has 0 aliphatic carbocycles. The van der Waals surface area contributed by atoms with Gasteiger partial charge in [0.1, 0.15) is 16.5 Å². The summed E-state index contributed by atoms with van der Waals surface area (Å²) in [5, 5.41) is 9.07. The van der Waals surface area contributed by atoms with Crippen molar-refractivity contribution < 1.29 is 12.8 Å². The lowest BCUT2D eigenvalue weighted by Crippen LogP contribution is -2.12. The average molecular weight is 426 g/mol. The standard InChI is InChI=1S/C20H19FN6O2S/c1-11-17(15-7-4-8-16(18(15)24-11)30(22,28)29)19-25-12(2)26-20(27-19)23-10-13-5-3-6-14(21)9-13/h3-9,24H,10H2,1-2H3,(H2,22,28,29)(H,23,25,26,27). The molecule has 0 bridgehead atoms. The first-order valence-electron chi connectivity index (χ1n) is 9.08. The molecular formula is C20H19FN6O2S. The van der Waals surface area contributed by atoms with E-state index >= 15 is 0 Å². The fourth-order valence-corrected chi connectivity index (χ4v) is 4.06. The van der Waals surface area contributed by atoms with E-state index in [-0.39, 0.29) is 10.7 Å². The second kappa shape index (κ2) is 7.47. The molecule has 0 unspecified atom stereocenters. The number of nitrogens with two attached hydrogens (primary N) is 1. The van der Waals surface area contributed by atoms with Crippen molar-refractivity contribution in [1.82, 2.24) is 19.9 Å². The molecule has 0 aliphatic heterocycles. The summed E-state index contributed by atoms with van der Waals surface area (Å²) in [7, 11) is -3.90. The lowest BCUT2D eigenvalue weighted by Gasteiger charge is -2.08. The van der Waals surface area contributed by atoms with E-state index in [2.05, 4.69) is 25.3 Å². The van der Waals surface area contributed by atoms with Crippen LogP contribution in [0.1, 0.15) is 17.1 Å². The Hall–Kier alpha value is -3.37. The molecule has 0 amide bonds. The van der Waals surface area contributed by atoms with Crippen molar-refractivity contribution in [2.45, 2.75) is 25.3 Å². The van der Waals surface area contributed by atoms with Gasteiger partial charge in [-0.3, -0.25) is 0 Å². The molecule has 0 aliphatic rings. The first-order chi connectivity index (χ1) is 14.2. The fourth-order valence-electron chi connectivity index (χ4n) is 3.35. The summed E-state index contributed by atoms with van der Waals surface area (Å²) in [5.74, 6) is 0.887. The van der Waals surface area contributed by atoms with Crippen LogP contribution in [0.4, 0.5) is 10.3 Å². The van der Waals surface area contributed by atoms with Gasteiger partial charge in [0.05, 0.1) is 5.52 Å². The Morgan fingerprint density at radius 2 is 1.87 bits per heavy atom. The number of fused-ring (bicyclic) bond motifs is 1. The van der Waals surface area contributed by atoms with Gasteiger partial charge < -0.3 is 10.3 Å². The molecule has 0 saturated heterocycles. The van der Waals surface area contributed by atoms with Crippen LogP contribution in [0.25, 0.3) is 22.3 Å². The highest BCUT2D eigenvalue weighted by atomic mass is 32.2. The minimum Gasteiger partial charge on any atom is -0.357 e. The van der Waals surface area contributed by atoms with Crippen LogP contribution in [0.3, 0.4) is 0 Å². The van der Waals surface area contributed by atoms with Gasteiger partial charge in [-0.15, -0.1) is 0 Å². The lowest BCUT2D eigenvalue weighted by molar-refractivity contribution is 0.598. The van der Waals surface area contributed by atoms with Crippen molar-refractivity contribution in [1.29, 1.82) is 0 Å². The van der Waals surface area contributed by atoms with Gasteiger partial charge in [0.2, 0.25) is 16.0 Å². The molecule has 4 rings (SSSR count). The maximum absolute atomic E-state index is 13.4. The number of sulfonamides is 1. The second-order valence-corrected chi connectivity index (χ2v) is 8.39. The highest BCUT2D eigenvalue weighted by Gasteiger charge is 2.20. The van der Waals surface area contributed by atoms with Crippen molar-refractivity contribution in [2.24, 2.45) is 5.14 Å². The molecule has 10 heteroatoms. The topological polar surface area (TPSA) is 127 Å². The number of hydrogen-bond acceptors (Lipinski definition) is 6. The van der Waals surface area contributed by atoms with Crippen LogP contribution in [0.15, 0.2) is 47.4 Å². The number of halogens is 1. The first kappa shape index (κ1) is 19.9. The Balaban J connectivity index is 1.76. The van der Waals surface area contributed by atoms with Crippen LogP contribution >= 0.6 is 0 Å². The van der Waals surface area contributed by atoms with E-state index in [0.29, 0.717) is 46.3 Å². The van der Waals surface area contributed by atoms with Crippen LogP contribution in [-0.4, -0.2) is 28.4 Å². The van der Waals surface area contributed by atoms with Crippen molar-refractivity contribution in [3.05, 3.63) is 65.4 Å². The third-order valence-electron chi connectivity index (χ3n) is 4.60. The molecule has 2 heterocycles. The summed E-state index contributed by atoms with van der Waals surface area (Å²) in [6, 6.07) is 11.1. The minimum absolute atomic E-state index is 0.00424. The molecule has 30 heavy (non-hydrogen) atoms.